The smallest absolute Gasteiger partial charge is 0.417 e. The standard InChI is InChI=1S/C21H37NO6Si/c1-19(2,3)27-18(24)22-14(11-12-16(22)23)17(15-13-25-21(7,8)26-15)28-29(9,10)20(4,5)6/h11-12,14-15,17H,13H2,1-10H3/t14-,15?,17-/m1/s1. The summed E-state index contributed by atoms with van der Waals surface area (Å²) < 4.78 is 24.1. The zero-order valence-corrected chi connectivity index (χ0v) is 20.5. The third kappa shape index (κ3) is 5.68. The first-order chi connectivity index (χ1) is 12.9. The summed E-state index contributed by atoms with van der Waals surface area (Å²) in [6.45, 7) is 20.0. The molecule has 0 bridgehead atoms. The summed E-state index contributed by atoms with van der Waals surface area (Å²) in [4.78, 5) is 26.5. The molecule has 2 aliphatic heterocycles. The summed E-state index contributed by atoms with van der Waals surface area (Å²) in [5.41, 5.74) is -0.713. The highest BCUT2D eigenvalue weighted by Gasteiger charge is 2.50. The van der Waals surface area contributed by atoms with Crippen molar-refractivity contribution >= 4 is 20.3 Å². The largest absolute Gasteiger partial charge is 0.443 e. The summed E-state index contributed by atoms with van der Waals surface area (Å²) in [5, 5.41) is -0.0523. The number of imide groups is 1. The van der Waals surface area contributed by atoms with Crippen molar-refractivity contribution in [1.29, 1.82) is 0 Å². The van der Waals surface area contributed by atoms with Crippen molar-refractivity contribution in [3.63, 3.8) is 0 Å². The van der Waals surface area contributed by atoms with Gasteiger partial charge in [-0.05, 0) is 52.8 Å². The van der Waals surface area contributed by atoms with Crippen LogP contribution in [0.3, 0.4) is 0 Å². The number of hydrogen-bond acceptors (Lipinski definition) is 6. The zero-order valence-electron chi connectivity index (χ0n) is 19.5. The third-order valence-electron chi connectivity index (χ3n) is 5.53. The van der Waals surface area contributed by atoms with E-state index in [0.717, 1.165) is 4.90 Å². The van der Waals surface area contributed by atoms with Crippen molar-refractivity contribution in [3.05, 3.63) is 12.2 Å². The number of hydrogen-bond donors (Lipinski definition) is 0. The molecule has 0 radical (unpaired) electrons. The minimum Gasteiger partial charge on any atom is -0.443 e. The first-order valence-electron chi connectivity index (χ1n) is 10.2. The first kappa shape index (κ1) is 24.1. The number of nitrogens with zero attached hydrogens (tertiary/aromatic N) is 1. The fraction of sp³-hybridized carbons (Fsp3) is 0.810. The van der Waals surface area contributed by atoms with Gasteiger partial charge in [0.2, 0.25) is 0 Å². The van der Waals surface area contributed by atoms with Crippen LogP contribution >= 0.6 is 0 Å². The van der Waals surface area contributed by atoms with E-state index in [0.29, 0.717) is 6.61 Å². The SMILES string of the molecule is CC(C)(C)OC(=O)N1C(=O)C=C[C@@H]1[C@@H](O[Si](C)(C)C(C)(C)C)C1COC(C)(C)O1. The van der Waals surface area contributed by atoms with E-state index in [2.05, 4.69) is 33.9 Å². The van der Waals surface area contributed by atoms with Crippen LogP contribution in [0.15, 0.2) is 12.2 Å². The Morgan fingerprint density at radius 1 is 1.24 bits per heavy atom. The van der Waals surface area contributed by atoms with Crippen LogP contribution in [0, 0.1) is 0 Å². The first-order valence-corrected chi connectivity index (χ1v) is 13.1. The lowest BCUT2D eigenvalue weighted by molar-refractivity contribution is -0.153. The molecule has 1 fully saturated rings. The van der Waals surface area contributed by atoms with Gasteiger partial charge in [0.15, 0.2) is 14.1 Å². The highest BCUT2D eigenvalue weighted by molar-refractivity contribution is 6.74. The van der Waals surface area contributed by atoms with Crippen LogP contribution in [0.2, 0.25) is 18.1 Å². The molecule has 2 heterocycles. The quantitative estimate of drug-likeness (QED) is 0.625. The molecule has 0 saturated carbocycles. The van der Waals surface area contributed by atoms with Gasteiger partial charge in [-0.15, -0.1) is 0 Å². The van der Waals surface area contributed by atoms with E-state index in [9.17, 15) is 9.59 Å². The molecule has 0 aromatic heterocycles. The lowest BCUT2D eigenvalue weighted by Crippen LogP contribution is -2.57. The molecule has 1 saturated heterocycles. The van der Waals surface area contributed by atoms with E-state index < -0.39 is 50.0 Å². The van der Waals surface area contributed by atoms with Gasteiger partial charge in [0.1, 0.15) is 11.7 Å². The van der Waals surface area contributed by atoms with E-state index in [-0.39, 0.29) is 5.04 Å². The zero-order chi connectivity index (χ0) is 22.4. The van der Waals surface area contributed by atoms with Gasteiger partial charge in [-0.3, -0.25) is 4.79 Å². The maximum absolute atomic E-state index is 12.8. The monoisotopic (exact) mass is 427 g/mol. The third-order valence-corrected chi connectivity index (χ3v) is 10.0. The Bertz CT molecular complexity index is 674. The van der Waals surface area contributed by atoms with Crippen LogP contribution in [0.25, 0.3) is 0 Å². The molecule has 2 aliphatic rings. The molecule has 29 heavy (non-hydrogen) atoms. The fourth-order valence-corrected chi connectivity index (χ4v) is 4.36. The van der Waals surface area contributed by atoms with Gasteiger partial charge in [0.05, 0.1) is 18.8 Å². The lowest BCUT2D eigenvalue weighted by Gasteiger charge is -2.43. The molecule has 0 aliphatic carbocycles. The van der Waals surface area contributed by atoms with E-state index >= 15 is 0 Å². The summed E-state index contributed by atoms with van der Waals surface area (Å²) in [7, 11) is -2.24. The minimum atomic E-state index is -2.24. The van der Waals surface area contributed by atoms with Crippen molar-refractivity contribution in [2.45, 2.75) is 103 Å². The Hall–Kier alpha value is -1.22. The Balaban J connectivity index is 2.37. The van der Waals surface area contributed by atoms with Gasteiger partial charge in [-0.1, -0.05) is 26.8 Å². The Kier molecular flexibility index (Phi) is 6.46. The Morgan fingerprint density at radius 3 is 2.28 bits per heavy atom. The molecule has 2 rings (SSSR count). The van der Waals surface area contributed by atoms with Crippen molar-refractivity contribution in [1.82, 2.24) is 4.90 Å². The lowest BCUT2D eigenvalue weighted by atomic mass is 10.1. The van der Waals surface area contributed by atoms with Crippen LogP contribution in [0.4, 0.5) is 4.79 Å². The molecule has 7 nitrogen and oxygen atoms in total. The topological polar surface area (TPSA) is 74.3 Å². The highest BCUT2D eigenvalue weighted by atomic mass is 28.4. The molecule has 3 atom stereocenters. The molecular formula is C21H37NO6Si. The second-order valence-corrected chi connectivity index (χ2v) is 15.5. The second kappa shape index (κ2) is 7.79. The maximum atomic E-state index is 12.8. The number of amides is 2. The van der Waals surface area contributed by atoms with Crippen LogP contribution in [-0.2, 0) is 23.4 Å². The van der Waals surface area contributed by atoms with Gasteiger partial charge in [0, 0.05) is 6.08 Å². The Morgan fingerprint density at radius 2 is 1.83 bits per heavy atom. The highest BCUT2D eigenvalue weighted by Crippen LogP contribution is 2.40. The van der Waals surface area contributed by atoms with Crippen LogP contribution < -0.4 is 0 Å². The van der Waals surface area contributed by atoms with Crippen molar-refractivity contribution in [3.8, 4) is 0 Å². The fourth-order valence-electron chi connectivity index (χ4n) is 3.03. The van der Waals surface area contributed by atoms with Crippen molar-refractivity contribution in [2.75, 3.05) is 6.61 Å². The predicted octanol–water partition coefficient (Wildman–Crippen LogP) is 4.23. The summed E-state index contributed by atoms with van der Waals surface area (Å²) in [6.07, 6.45) is 1.47. The normalized spacial score (nSPS) is 26.1. The number of ether oxygens (including phenoxy) is 3. The molecule has 8 heteroatoms. The van der Waals surface area contributed by atoms with Gasteiger partial charge in [-0.25, -0.2) is 9.69 Å². The van der Waals surface area contributed by atoms with Crippen molar-refractivity contribution < 1.29 is 28.2 Å². The number of carbonyl (C=O) groups is 2. The van der Waals surface area contributed by atoms with E-state index in [1.165, 1.54) is 6.08 Å². The minimum absolute atomic E-state index is 0.0523. The van der Waals surface area contributed by atoms with Gasteiger partial charge in [0.25, 0.3) is 5.91 Å². The number of carbonyl (C=O) groups excluding carboxylic acids is 2. The molecule has 0 N–H and O–H groups in total. The van der Waals surface area contributed by atoms with Gasteiger partial charge < -0.3 is 18.6 Å². The molecule has 2 amide bonds. The molecule has 0 aromatic rings. The molecule has 0 aromatic carbocycles. The molecule has 166 valence electrons. The summed E-state index contributed by atoms with van der Waals surface area (Å²) in [6, 6.07) is -0.617. The van der Waals surface area contributed by atoms with Crippen LogP contribution in [-0.4, -0.2) is 61.5 Å². The molecule has 1 unspecified atom stereocenters. The van der Waals surface area contributed by atoms with Crippen LogP contribution in [0.1, 0.15) is 55.4 Å². The summed E-state index contributed by atoms with van der Waals surface area (Å²) >= 11 is 0. The number of rotatable bonds is 4. The molecular weight excluding hydrogens is 390 g/mol. The van der Waals surface area contributed by atoms with Gasteiger partial charge in [-0.2, -0.15) is 0 Å². The van der Waals surface area contributed by atoms with E-state index in [1.807, 2.05) is 13.8 Å². The second-order valence-electron chi connectivity index (χ2n) is 10.7. The van der Waals surface area contributed by atoms with Crippen molar-refractivity contribution in [2.24, 2.45) is 0 Å². The maximum Gasteiger partial charge on any atom is 0.417 e. The molecule has 0 spiro atoms. The predicted molar refractivity (Wildman–Crippen MR) is 113 cm³/mol. The summed E-state index contributed by atoms with van der Waals surface area (Å²) in [5.74, 6) is -1.16. The van der Waals surface area contributed by atoms with Crippen LogP contribution in [0.5, 0.6) is 0 Å². The van der Waals surface area contributed by atoms with Gasteiger partial charge >= 0.3 is 6.09 Å². The van der Waals surface area contributed by atoms with E-state index in [4.69, 9.17) is 18.6 Å². The van der Waals surface area contributed by atoms with E-state index in [1.54, 1.807) is 26.8 Å². The average Bonchev–Trinajstić information content (AvgIpc) is 3.04. The average molecular weight is 428 g/mol. The Labute approximate surface area is 175 Å².